The van der Waals surface area contributed by atoms with Crippen molar-refractivity contribution in [1.29, 1.82) is 0 Å². The van der Waals surface area contributed by atoms with Gasteiger partial charge in [0.2, 0.25) is 5.91 Å². The van der Waals surface area contributed by atoms with Gasteiger partial charge < -0.3 is 26.3 Å². The Hall–Kier alpha value is -3.06. The van der Waals surface area contributed by atoms with Gasteiger partial charge in [0.25, 0.3) is 5.91 Å². The number of benzene rings is 2. The lowest BCUT2D eigenvalue weighted by Crippen LogP contribution is -2.31. The minimum Gasteiger partial charge on any atom is -0.493 e. The van der Waals surface area contributed by atoms with E-state index in [2.05, 4.69) is 5.32 Å². The molecule has 2 aromatic carbocycles. The van der Waals surface area contributed by atoms with Crippen LogP contribution in [0.4, 0.5) is 5.69 Å². The summed E-state index contributed by atoms with van der Waals surface area (Å²) in [7, 11) is 2.91. The number of nitrogens with two attached hydrogens (primary N) is 2. The maximum absolute atomic E-state index is 12.6. The summed E-state index contributed by atoms with van der Waals surface area (Å²) < 4.78 is 10.4. The largest absolute Gasteiger partial charge is 0.493 e. The number of methoxy groups -OCH3 is 2. The molecule has 2 atom stereocenters. The van der Waals surface area contributed by atoms with E-state index in [0.717, 1.165) is 5.56 Å². The lowest BCUT2D eigenvalue weighted by atomic mass is 9.94. The van der Waals surface area contributed by atoms with E-state index >= 15 is 0 Å². The molecule has 0 aliphatic rings. The number of anilines is 1. The molecule has 0 saturated heterocycles. The molecule has 0 aliphatic heterocycles. The molecule has 0 radical (unpaired) electrons. The average Bonchev–Trinajstić information content (AvgIpc) is 2.66. The Balaban J connectivity index is 2.28. The Kier molecular flexibility index (Phi) is 6.19. The normalized spacial score (nSPS) is 12.8. The van der Waals surface area contributed by atoms with Crippen LogP contribution in [-0.4, -0.2) is 26.0 Å². The van der Waals surface area contributed by atoms with Crippen molar-refractivity contribution in [3.8, 4) is 11.5 Å². The first-order valence-corrected chi connectivity index (χ1v) is 8.06. The Morgan fingerprint density at radius 2 is 1.62 bits per heavy atom. The molecule has 7 nitrogen and oxygen atoms in total. The summed E-state index contributed by atoms with van der Waals surface area (Å²) in [6, 6.07) is 11.8. The van der Waals surface area contributed by atoms with Crippen LogP contribution in [-0.2, 0) is 4.79 Å². The van der Waals surface area contributed by atoms with Gasteiger partial charge in [0.05, 0.1) is 31.4 Å². The van der Waals surface area contributed by atoms with Crippen LogP contribution >= 0.6 is 0 Å². The predicted molar refractivity (Wildman–Crippen MR) is 99.2 cm³/mol. The maximum Gasteiger partial charge on any atom is 0.250 e. The van der Waals surface area contributed by atoms with E-state index in [1.165, 1.54) is 26.4 Å². The minimum atomic E-state index is -0.693. The van der Waals surface area contributed by atoms with Gasteiger partial charge in [0, 0.05) is 12.1 Å². The quantitative estimate of drug-likeness (QED) is 0.701. The van der Waals surface area contributed by atoms with Crippen LogP contribution in [0.3, 0.4) is 0 Å². The van der Waals surface area contributed by atoms with Crippen molar-refractivity contribution in [1.82, 2.24) is 0 Å². The SMILES string of the molecule is COc1cc(NC(=O)C(C)C(N)c2ccccc2)c(C(N)=O)cc1OC. The fraction of sp³-hybridized carbons (Fsp3) is 0.263. The fourth-order valence-electron chi connectivity index (χ4n) is 2.56. The second-order valence-corrected chi connectivity index (χ2v) is 5.83. The highest BCUT2D eigenvalue weighted by atomic mass is 16.5. The van der Waals surface area contributed by atoms with E-state index < -0.39 is 17.9 Å². The lowest BCUT2D eigenvalue weighted by Gasteiger charge is -2.21. The summed E-state index contributed by atoms with van der Waals surface area (Å²) in [6.45, 7) is 1.72. The summed E-state index contributed by atoms with van der Waals surface area (Å²) in [5.41, 5.74) is 12.8. The maximum atomic E-state index is 12.6. The number of primary amides is 1. The van der Waals surface area contributed by atoms with Crippen LogP contribution in [0.25, 0.3) is 0 Å². The van der Waals surface area contributed by atoms with Crippen molar-refractivity contribution in [2.45, 2.75) is 13.0 Å². The van der Waals surface area contributed by atoms with Crippen molar-refractivity contribution >= 4 is 17.5 Å². The minimum absolute atomic E-state index is 0.122. The van der Waals surface area contributed by atoms with Crippen molar-refractivity contribution in [3.05, 3.63) is 53.6 Å². The van der Waals surface area contributed by atoms with Crippen molar-refractivity contribution in [2.75, 3.05) is 19.5 Å². The number of ether oxygens (including phenoxy) is 2. The molecule has 0 bridgehead atoms. The van der Waals surface area contributed by atoms with Gasteiger partial charge >= 0.3 is 0 Å². The van der Waals surface area contributed by atoms with E-state index in [9.17, 15) is 9.59 Å². The third-order valence-electron chi connectivity index (χ3n) is 4.18. The van der Waals surface area contributed by atoms with Crippen molar-refractivity contribution in [3.63, 3.8) is 0 Å². The smallest absolute Gasteiger partial charge is 0.250 e. The van der Waals surface area contributed by atoms with Gasteiger partial charge in [-0.25, -0.2) is 0 Å². The summed E-state index contributed by atoms with van der Waals surface area (Å²) in [6.07, 6.45) is 0. The highest BCUT2D eigenvalue weighted by molar-refractivity contribution is 6.04. The summed E-state index contributed by atoms with van der Waals surface area (Å²) in [5.74, 6) is -0.857. The molecule has 0 spiro atoms. The third-order valence-corrected chi connectivity index (χ3v) is 4.18. The zero-order valence-corrected chi connectivity index (χ0v) is 15.0. The summed E-state index contributed by atoms with van der Waals surface area (Å²) in [4.78, 5) is 24.4. The number of rotatable bonds is 7. The highest BCUT2D eigenvalue weighted by Gasteiger charge is 2.24. The monoisotopic (exact) mass is 357 g/mol. The van der Waals surface area contributed by atoms with Crippen LogP contribution < -0.4 is 26.3 Å². The Labute approximate surface area is 152 Å². The molecule has 5 N–H and O–H groups in total. The number of nitrogens with one attached hydrogen (secondary N) is 1. The molecular formula is C19H23N3O4. The standard InChI is InChI=1S/C19H23N3O4/c1-11(17(20)12-7-5-4-6-8-12)19(24)22-14-10-16(26-3)15(25-2)9-13(14)18(21)23/h4-11,17H,20H2,1-3H3,(H2,21,23)(H,22,24). The van der Waals surface area contributed by atoms with Crippen LogP contribution in [0.2, 0.25) is 0 Å². The third kappa shape index (κ3) is 4.12. The Morgan fingerprint density at radius 1 is 1.04 bits per heavy atom. The van der Waals surface area contributed by atoms with E-state index in [0.29, 0.717) is 11.5 Å². The Bertz CT molecular complexity index is 793. The van der Waals surface area contributed by atoms with Crippen molar-refractivity contribution < 1.29 is 19.1 Å². The molecule has 138 valence electrons. The lowest BCUT2D eigenvalue weighted by molar-refractivity contribution is -0.120. The first-order chi connectivity index (χ1) is 12.4. The molecule has 0 saturated carbocycles. The van der Waals surface area contributed by atoms with E-state index in [-0.39, 0.29) is 17.2 Å². The second-order valence-electron chi connectivity index (χ2n) is 5.83. The van der Waals surface area contributed by atoms with Crippen LogP contribution in [0.5, 0.6) is 11.5 Å². The van der Waals surface area contributed by atoms with Gasteiger partial charge in [-0.2, -0.15) is 0 Å². The zero-order valence-electron chi connectivity index (χ0n) is 15.0. The predicted octanol–water partition coefficient (Wildman–Crippen LogP) is 2.08. The molecule has 2 amide bonds. The first-order valence-electron chi connectivity index (χ1n) is 8.06. The molecule has 2 rings (SSSR count). The topological polar surface area (TPSA) is 117 Å². The van der Waals surface area contributed by atoms with E-state index in [1.54, 1.807) is 6.92 Å². The van der Waals surface area contributed by atoms with Gasteiger partial charge in [0.1, 0.15) is 0 Å². The zero-order chi connectivity index (χ0) is 19.3. The second kappa shape index (κ2) is 8.35. The van der Waals surface area contributed by atoms with Gasteiger partial charge in [0.15, 0.2) is 11.5 Å². The number of carbonyl (C=O) groups excluding carboxylic acids is 2. The highest BCUT2D eigenvalue weighted by Crippen LogP contribution is 2.33. The number of amides is 2. The van der Waals surface area contributed by atoms with Crippen LogP contribution in [0, 0.1) is 5.92 Å². The Morgan fingerprint density at radius 3 is 2.15 bits per heavy atom. The summed E-state index contributed by atoms with van der Waals surface area (Å²) in [5, 5.41) is 2.71. The van der Waals surface area contributed by atoms with E-state index in [4.69, 9.17) is 20.9 Å². The van der Waals surface area contributed by atoms with Crippen LogP contribution in [0.1, 0.15) is 28.9 Å². The van der Waals surface area contributed by atoms with Gasteiger partial charge in [-0.3, -0.25) is 9.59 Å². The molecular weight excluding hydrogens is 334 g/mol. The van der Waals surface area contributed by atoms with E-state index in [1.807, 2.05) is 30.3 Å². The molecule has 2 aromatic rings. The number of carbonyl (C=O) groups is 2. The number of hydrogen-bond donors (Lipinski definition) is 3. The first kappa shape index (κ1) is 19.3. The van der Waals surface area contributed by atoms with Crippen molar-refractivity contribution in [2.24, 2.45) is 17.4 Å². The molecule has 2 unspecified atom stereocenters. The molecule has 7 heteroatoms. The average molecular weight is 357 g/mol. The number of hydrogen-bond acceptors (Lipinski definition) is 5. The molecule has 0 aliphatic carbocycles. The van der Waals surface area contributed by atoms with Gasteiger partial charge in [-0.05, 0) is 11.6 Å². The summed E-state index contributed by atoms with van der Waals surface area (Å²) >= 11 is 0. The van der Waals surface area contributed by atoms with Crippen LogP contribution in [0.15, 0.2) is 42.5 Å². The van der Waals surface area contributed by atoms with Gasteiger partial charge in [-0.15, -0.1) is 0 Å². The fourth-order valence-corrected chi connectivity index (χ4v) is 2.56. The molecule has 26 heavy (non-hydrogen) atoms. The van der Waals surface area contributed by atoms with Gasteiger partial charge in [-0.1, -0.05) is 37.3 Å². The molecule has 0 fully saturated rings. The molecule has 0 heterocycles. The molecule has 0 aromatic heterocycles.